The Morgan fingerprint density at radius 3 is 2.44 bits per heavy atom. The Kier molecular flexibility index (Phi) is 5.02. The molecule has 0 atom stereocenters. The van der Waals surface area contributed by atoms with Crippen LogP contribution >= 0.6 is 0 Å². The van der Waals surface area contributed by atoms with E-state index >= 15 is 0 Å². The maximum absolute atomic E-state index is 8.40. The van der Waals surface area contributed by atoms with Crippen LogP contribution in [0.1, 0.15) is 12.0 Å². The van der Waals surface area contributed by atoms with Crippen LogP contribution in [0.15, 0.2) is 6.33 Å². The van der Waals surface area contributed by atoms with E-state index in [1.54, 1.807) is 14.2 Å². The molecule has 0 radical (unpaired) electrons. The number of rotatable bonds is 6. The van der Waals surface area contributed by atoms with E-state index in [1.807, 2.05) is 0 Å². The average molecular weight is 222 g/mol. The molecule has 16 heavy (non-hydrogen) atoms. The SMILES string of the molecule is COc1ncnc(OC)c1CNCCC#N. The third-order valence-corrected chi connectivity index (χ3v) is 1.97. The molecule has 0 spiro atoms. The second-order valence-corrected chi connectivity index (χ2v) is 2.96. The highest BCUT2D eigenvalue weighted by atomic mass is 16.5. The van der Waals surface area contributed by atoms with E-state index in [2.05, 4.69) is 21.4 Å². The third kappa shape index (κ3) is 3.07. The van der Waals surface area contributed by atoms with E-state index in [0.29, 0.717) is 31.3 Å². The third-order valence-electron chi connectivity index (χ3n) is 1.97. The first-order chi connectivity index (χ1) is 7.83. The summed E-state index contributed by atoms with van der Waals surface area (Å²) in [6.07, 6.45) is 1.84. The molecule has 0 aromatic carbocycles. The van der Waals surface area contributed by atoms with E-state index in [4.69, 9.17) is 14.7 Å². The molecule has 1 heterocycles. The number of nitrogens with one attached hydrogen (secondary N) is 1. The van der Waals surface area contributed by atoms with Crippen LogP contribution in [0.2, 0.25) is 0 Å². The predicted molar refractivity (Wildman–Crippen MR) is 57.1 cm³/mol. The lowest BCUT2D eigenvalue weighted by Gasteiger charge is -2.10. The van der Waals surface area contributed by atoms with Gasteiger partial charge in [-0.1, -0.05) is 0 Å². The molecule has 0 saturated carbocycles. The Morgan fingerprint density at radius 2 is 1.94 bits per heavy atom. The minimum atomic E-state index is 0.457. The van der Waals surface area contributed by atoms with Crippen molar-refractivity contribution in [2.75, 3.05) is 20.8 Å². The summed E-state index contributed by atoms with van der Waals surface area (Å²) in [5.41, 5.74) is 0.755. The normalized spacial score (nSPS) is 9.56. The fraction of sp³-hybridized carbons (Fsp3) is 0.500. The topological polar surface area (TPSA) is 80.1 Å². The number of ether oxygens (including phenoxy) is 2. The van der Waals surface area contributed by atoms with E-state index in [-0.39, 0.29) is 0 Å². The Hall–Kier alpha value is -1.87. The second-order valence-electron chi connectivity index (χ2n) is 2.96. The number of aromatic nitrogens is 2. The van der Waals surface area contributed by atoms with Gasteiger partial charge in [0.1, 0.15) is 6.33 Å². The summed E-state index contributed by atoms with van der Waals surface area (Å²) in [5, 5.41) is 11.5. The van der Waals surface area contributed by atoms with Gasteiger partial charge in [-0.05, 0) is 0 Å². The lowest BCUT2D eigenvalue weighted by molar-refractivity contribution is 0.359. The molecule has 0 amide bonds. The Labute approximate surface area is 94.2 Å². The molecule has 6 heteroatoms. The van der Waals surface area contributed by atoms with Gasteiger partial charge in [0.2, 0.25) is 11.8 Å². The smallest absolute Gasteiger partial charge is 0.224 e. The van der Waals surface area contributed by atoms with E-state index in [0.717, 1.165) is 5.56 Å². The molecule has 0 aliphatic heterocycles. The lowest BCUT2D eigenvalue weighted by atomic mass is 10.3. The van der Waals surface area contributed by atoms with Gasteiger partial charge >= 0.3 is 0 Å². The first kappa shape index (κ1) is 12.2. The maximum atomic E-state index is 8.40. The van der Waals surface area contributed by atoms with E-state index in [9.17, 15) is 0 Å². The van der Waals surface area contributed by atoms with Crippen LogP contribution < -0.4 is 14.8 Å². The van der Waals surface area contributed by atoms with Crippen molar-refractivity contribution in [2.45, 2.75) is 13.0 Å². The van der Waals surface area contributed by atoms with Gasteiger partial charge in [0.05, 0.1) is 25.9 Å². The molecule has 1 aromatic rings. The number of methoxy groups -OCH3 is 2. The summed E-state index contributed by atoms with van der Waals surface area (Å²) in [6.45, 7) is 1.12. The molecule has 0 fully saturated rings. The molecule has 6 nitrogen and oxygen atoms in total. The number of nitrogens with zero attached hydrogens (tertiary/aromatic N) is 3. The molecule has 0 aliphatic rings. The molecule has 1 rings (SSSR count). The van der Waals surface area contributed by atoms with Gasteiger partial charge in [-0.25, -0.2) is 9.97 Å². The molecule has 1 aromatic heterocycles. The highest BCUT2D eigenvalue weighted by molar-refractivity contribution is 5.34. The van der Waals surface area contributed by atoms with Crippen LogP contribution in [0.4, 0.5) is 0 Å². The summed E-state index contributed by atoms with van der Waals surface area (Å²) >= 11 is 0. The van der Waals surface area contributed by atoms with Crippen molar-refractivity contribution in [2.24, 2.45) is 0 Å². The van der Waals surface area contributed by atoms with Crippen LogP contribution in [0.3, 0.4) is 0 Å². The quantitative estimate of drug-likeness (QED) is 0.706. The summed E-state index contributed by atoms with van der Waals surface area (Å²) < 4.78 is 10.2. The molecular formula is C10H14N4O2. The Bertz CT molecular complexity index is 353. The molecule has 0 saturated heterocycles. The number of nitriles is 1. The fourth-order valence-electron chi connectivity index (χ4n) is 1.24. The number of hydrogen-bond donors (Lipinski definition) is 1. The van der Waals surface area contributed by atoms with Gasteiger partial charge in [0.15, 0.2) is 0 Å². The number of hydrogen-bond acceptors (Lipinski definition) is 6. The summed E-state index contributed by atoms with van der Waals surface area (Å²) in [7, 11) is 3.08. The maximum Gasteiger partial charge on any atom is 0.224 e. The first-order valence-electron chi connectivity index (χ1n) is 4.83. The van der Waals surface area contributed by atoms with Gasteiger partial charge in [0.25, 0.3) is 0 Å². The molecule has 0 unspecified atom stereocenters. The zero-order valence-corrected chi connectivity index (χ0v) is 9.36. The highest BCUT2D eigenvalue weighted by Crippen LogP contribution is 2.22. The van der Waals surface area contributed by atoms with Crippen LogP contribution in [0.25, 0.3) is 0 Å². The summed E-state index contributed by atoms with van der Waals surface area (Å²) in [6, 6.07) is 2.05. The second kappa shape index (κ2) is 6.58. The Balaban J connectivity index is 2.71. The largest absolute Gasteiger partial charge is 0.481 e. The van der Waals surface area contributed by atoms with Crippen LogP contribution in [0, 0.1) is 11.3 Å². The first-order valence-corrected chi connectivity index (χ1v) is 4.83. The minimum absolute atomic E-state index is 0.457. The van der Waals surface area contributed by atoms with Gasteiger partial charge in [0, 0.05) is 19.5 Å². The average Bonchev–Trinajstić information content (AvgIpc) is 2.34. The van der Waals surface area contributed by atoms with Gasteiger partial charge in [-0.2, -0.15) is 5.26 Å². The summed E-state index contributed by atoms with van der Waals surface area (Å²) in [5.74, 6) is 0.965. The Morgan fingerprint density at radius 1 is 1.31 bits per heavy atom. The van der Waals surface area contributed by atoms with E-state index in [1.165, 1.54) is 6.33 Å². The molecule has 86 valence electrons. The standard InChI is InChI=1S/C10H14N4O2/c1-15-9-8(6-12-5-3-4-11)10(16-2)14-7-13-9/h7,12H,3,5-6H2,1-2H3. The zero-order chi connectivity index (χ0) is 11.8. The lowest BCUT2D eigenvalue weighted by Crippen LogP contribution is -2.16. The van der Waals surface area contributed by atoms with Crippen molar-refractivity contribution in [1.82, 2.24) is 15.3 Å². The van der Waals surface area contributed by atoms with Crippen molar-refractivity contribution in [3.8, 4) is 17.8 Å². The zero-order valence-electron chi connectivity index (χ0n) is 9.36. The molecule has 0 aliphatic carbocycles. The monoisotopic (exact) mass is 222 g/mol. The van der Waals surface area contributed by atoms with Crippen molar-refractivity contribution >= 4 is 0 Å². The highest BCUT2D eigenvalue weighted by Gasteiger charge is 2.11. The van der Waals surface area contributed by atoms with Crippen molar-refractivity contribution in [1.29, 1.82) is 5.26 Å². The fourth-order valence-corrected chi connectivity index (χ4v) is 1.24. The van der Waals surface area contributed by atoms with Crippen LogP contribution in [-0.2, 0) is 6.54 Å². The van der Waals surface area contributed by atoms with Crippen LogP contribution in [0.5, 0.6) is 11.8 Å². The van der Waals surface area contributed by atoms with Crippen molar-refractivity contribution < 1.29 is 9.47 Å². The molecular weight excluding hydrogens is 208 g/mol. The molecule has 0 bridgehead atoms. The van der Waals surface area contributed by atoms with Gasteiger partial charge in [-0.3, -0.25) is 0 Å². The minimum Gasteiger partial charge on any atom is -0.481 e. The summed E-state index contributed by atoms with van der Waals surface area (Å²) in [4.78, 5) is 7.97. The van der Waals surface area contributed by atoms with Gasteiger partial charge in [-0.15, -0.1) is 0 Å². The van der Waals surface area contributed by atoms with E-state index < -0.39 is 0 Å². The van der Waals surface area contributed by atoms with Crippen LogP contribution in [-0.4, -0.2) is 30.7 Å². The van der Waals surface area contributed by atoms with Crippen molar-refractivity contribution in [3.63, 3.8) is 0 Å². The van der Waals surface area contributed by atoms with Crippen molar-refractivity contribution in [3.05, 3.63) is 11.9 Å². The van der Waals surface area contributed by atoms with Gasteiger partial charge < -0.3 is 14.8 Å². The molecule has 1 N–H and O–H groups in total. The predicted octanol–water partition coefficient (Wildman–Crippen LogP) is 0.497.